The van der Waals surface area contributed by atoms with Gasteiger partial charge in [-0.2, -0.15) is 14.4 Å². The summed E-state index contributed by atoms with van der Waals surface area (Å²) in [7, 11) is 1.46. The van der Waals surface area contributed by atoms with Gasteiger partial charge in [0.05, 0.1) is 18.4 Å². The number of imidazole rings is 1. The van der Waals surface area contributed by atoms with E-state index in [1.807, 2.05) is 0 Å². The first-order chi connectivity index (χ1) is 10.3. The Hall–Kier alpha value is -2.22. The molecule has 8 nitrogen and oxygen atoms in total. The van der Waals surface area contributed by atoms with Gasteiger partial charge in [-0.15, -0.1) is 6.42 Å². The lowest BCUT2D eigenvalue weighted by atomic mass is 9.68. The van der Waals surface area contributed by atoms with E-state index in [1.54, 1.807) is 0 Å². The lowest BCUT2D eigenvalue weighted by Crippen LogP contribution is -2.53. The van der Waals surface area contributed by atoms with Crippen LogP contribution in [0.4, 0.5) is 10.2 Å². The third-order valence-electron chi connectivity index (χ3n) is 3.97. The summed E-state index contributed by atoms with van der Waals surface area (Å²) in [6.45, 7) is -0.564. The predicted molar refractivity (Wildman–Crippen MR) is 76.6 cm³/mol. The summed E-state index contributed by atoms with van der Waals surface area (Å²) in [5, 5.41) is 20.0. The van der Waals surface area contributed by atoms with Gasteiger partial charge in [0.2, 0.25) is 0 Å². The molecule has 2 aromatic rings. The normalized spacial score (nSPS) is 31.5. The Balaban J connectivity index is 2.09. The first kappa shape index (κ1) is 14.7. The Kier molecular flexibility index (Phi) is 3.10. The number of nitrogen functional groups attached to an aromatic ring is 1. The summed E-state index contributed by atoms with van der Waals surface area (Å²) in [5.74, 6) is 2.19. The van der Waals surface area contributed by atoms with E-state index < -0.39 is 30.0 Å². The number of anilines is 1. The fourth-order valence-corrected chi connectivity index (χ4v) is 2.63. The van der Waals surface area contributed by atoms with E-state index in [1.165, 1.54) is 18.7 Å². The first-order valence-corrected chi connectivity index (χ1v) is 6.48. The van der Waals surface area contributed by atoms with Crippen LogP contribution in [0.5, 0.6) is 0 Å². The molecule has 0 unspecified atom stereocenters. The molecule has 10 heteroatoms. The number of fused-ring (bicyclic) bond motifs is 1. The number of terminal acetylenes is 1. The van der Waals surface area contributed by atoms with Crippen LogP contribution in [0.3, 0.4) is 0 Å². The van der Waals surface area contributed by atoms with Crippen molar-refractivity contribution in [3.05, 3.63) is 12.4 Å². The summed E-state index contributed by atoms with van der Waals surface area (Å²) in [6.07, 6.45) is 5.04. The van der Waals surface area contributed by atoms with E-state index in [0.717, 1.165) is 0 Å². The second-order valence-electron chi connectivity index (χ2n) is 5.38. The molecule has 0 bridgehead atoms. The molecule has 1 aliphatic rings. The van der Waals surface area contributed by atoms with Crippen molar-refractivity contribution in [1.82, 2.24) is 19.5 Å². The number of nitrogens with two attached hydrogens (primary N) is 1. The molecule has 3 heterocycles. The molecule has 3 atom stereocenters. The minimum absolute atomic E-state index is 0.0642. The van der Waals surface area contributed by atoms with Gasteiger partial charge in [-0.1, -0.05) is 5.92 Å². The van der Waals surface area contributed by atoms with Crippen molar-refractivity contribution in [3.8, 4) is 12.3 Å². The van der Waals surface area contributed by atoms with Crippen molar-refractivity contribution < 1.29 is 19.3 Å². The minimum Gasteiger partial charge on any atom is -0.395 e. The second-order valence-corrected chi connectivity index (χ2v) is 5.38. The van der Waals surface area contributed by atoms with Crippen molar-refractivity contribution in [2.75, 3.05) is 12.3 Å². The minimum atomic E-state index is -1.56. The lowest BCUT2D eigenvalue weighted by Gasteiger charge is -2.31. The molecule has 114 valence electrons. The summed E-state index contributed by atoms with van der Waals surface area (Å²) in [5.41, 5.74) is 2.89. The molecule has 2 aromatic heterocycles. The molecule has 0 aromatic carbocycles. The zero-order valence-corrected chi connectivity index (χ0v) is 11.7. The van der Waals surface area contributed by atoms with Crippen LogP contribution in [0.15, 0.2) is 6.33 Å². The number of aromatic nitrogens is 4. The number of rotatable bonds is 2. The van der Waals surface area contributed by atoms with Gasteiger partial charge in [0.1, 0.15) is 14.1 Å². The number of ether oxygens (including phenoxy) is 1. The Morgan fingerprint density at radius 3 is 2.95 bits per heavy atom. The standard InChI is InChI=1S/C12H13BFN5O3/c1-2-11(4-20)12(13,21)3-6(22-11)19-5-16-7-8(15)17-10(14)18-9(7)19/h1,5-6,20-21H,3-4,13H2,(H2,15,17,18)/t6-,11-,12-/m1/s1. The van der Waals surface area contributed by atoms with Crippen molar-refractivity contribution in [2.45, 2.75) is 23.8 Å². The fraction of sp³-hybridized carbons (Fsp3) is 0.417. The molecule has 4 N–H and O–H groups in total. The van der Waals surface area contributed by atoms with Crippen molar-refractivity contribution >= 4 is 24.8 Å². The molecule has 0 aliphatic carbocycles. The maximum atomic E-state index is 13.4. The number of halogens is 1. The van der Waals surface area contributed by atoms with Gasteiger partial charge >= 0.3 is 6.08 Å². The summed E-state index contributed by atoms with van der Waals surface area (Å²) < 4.78 is 20.4. The SMILES string of the molecule is B[C@@]1(O)C[C@H](n2cnc3c(N)nc(F)nc32)O[C@]1(C#C)CO. The zero-order valence-electron chi connectivity index (χ0n) is 11.7. The van der Waals surface area contributed by atoms with Crippen LogP contribution in [0.1, 0.15) is 12.6 Å². The molecule has 3 rings (SSSR count). The number of aliphatic hydroxyl groups excluding tert-OH is 1. The molecule has 1 fully saturated rings. The maximum absolute atomic E-state index is 13.4. The molecule has 0 radical (unpaired) electrons. The molecule has 0 saturated carbocycles. The fourth-order valence-electron chi connectivity index (χ4n) is 2.63. The van der Waals surface area contributed by atoms with Gasteiger partial charge in [0, 0.05) is 6.42 Å². The van der Waals surface area contributed by atoms with Crippen LogP contribution in [0.2, 0.25) is 0 Å². The highest BCUT2D eigenvalue weighted by Gasteiger charge is 2.55. The number of hydrogen-bond donors (Lipinski definition) is 3. The third kappa shape index (κ3) is 1.87. The maximum Gasteiger partial charge on any atom is 0.312 e. The highest BCUT2D eigenvalue weighted by atomic mass is 19.1. The molecule has 1 saturated heterocycles. The molecule has 0 amide bonds. The third-order valence-corrected chi connectivity index (χ3v) is 3.97. The van der Waals surface area contributed by atoms with Crippen LogP contribution in [-0.2, 0) is 4.74 Å². The van der Waals surface area contributed by atoms with Crippen LogP contribution in [-0.4, -0.2) is 55.3 Å². The lowest BCUT2D eigenvalue weighted by molar-refractivity contribution is -0.101. The van der Waals surface area contributed by atoms with Crippen LogP contribution >= 0.6 is 0 Å². The van der Waals surface area contributed by atoms with Crippen molar-refractivity contribution in [1.29, 1.82) is 0 Å². The van der Waals surface area contributed by atoms with Crippen LogP contribution < -0.4 is 5.73 Å². The van der Waals surface area contributed by atoms with Crippen LogP contribution in [0, 0.1) is 18.4 Å². The zero-order chi connectivity index (χ0) is 16.1. The van der Waals surface area contributed by atoms with Gasteiger partial charge in [0.15, 0.2) is 22.6 Å². The number of nitrogens with zero attached hydrogens (tertiary/aromatic N) is 4. The Morgan fingerprint density at radius 2 is 2.36 bits per heavy atom. The van der Waals surface area contributed by atoms with E-state index in [9.17, 15) is 14.6 Å². The summed E-state index contributed by atoms with van der Waals surface area (Å²) >= 11 is 0. The largest absolute Gasteiger partial charge is 0.395 e. The van der Waals surface area contributed by atoms with E-state index in [4.69, 9.17) is 16.9 Å². The topological polar surface area (TPSA) is 119 Å². The molecule has 0 spiro atoms. The van der Waals surface area contributed by atoms with Gasteiger partial charge < -0.3 is 20.7 Å². The van der Waals surface area contributed by atoms with Gasteiger partial charge in [-0.25, -0.2) is 4.98 Å². The number of aliphatic hydroxyl groups is 2. The molecular formula is C12H13BFN5O3. The predicted octanol–water partition coefficient (Wildman–Crippen LogP) is -1.85. The van der Waals surface area contributed by atoms with Crippen molar-refractivity contribution in [2.24, 2.45) is 0 Å². The van der Waals surface area contributed by atoms with Crippen molar-refractivity contribution in [3.63, 3.8) is 0 Å². The Labute approximate surface area is 125 Å². The monoisotopic (exact) mass is 305 g/mol. The van der Waals surface area contributed by atoms with E-state index in [0.29, 0.717) is 0 Å². The van der Waals surface area contributed by atoms with E-state index in [2.05, 4.69) is 20.9 Å². The van der Waals surface area contributed by atoms with Gasteiger partial charge in [-0.3, -0.25) is 4.57 Å². The first-order valence-electron chi connectivity index (χ1n) is 6.48. The molecule has 1 aliphatic heterocycles. The summed E-state index contributed by atoms with van der Waals surface area (Å²) in [6, 6.07) is 0. The van der Waals surface area contributed by atoms with E-state index in [-0.39, 0.29) is 23.4 Å². The number of hydrogen-bond acceptors (Lipinski definition) is 7. The quantitative estimate of drug-likeness (QED) is 0.338. The van der Waals surface area contributed by atoms with Crippen LogP contribution in [0.25, 0.3) is 11.2 Å². The molecule has 22 heavy (non-hydrogen) atoms. The van der Waals surface area contributed by atoms with E-state index >= 15 is 0 Å². The smallest absolute Gasteiger partial charge is 0.312 e. The Bertz CT molecular complexity index is 789. The summed E-state index contributed by atoms with van der Waals surface area (Å²) in [4.78, 5) is 11.1. The molecular weight excluding hydrogens is 292 g/mol. The van der Waals surface area contributed by atoms with Gasteiger partial charge in [-0.05, 0) is 0 Å². The second kappa shape index (κ2) is 4.64. The Morgan fingerprint density at radius 1 is 1.64 bits per heavy atom. The van der Waals surface area contributed by atoms with Gasteiger partial charge in [0.25, 0.3) is 0 Å². The highest BCUT2D eigenvalue weighted by molar-refractivity contribution is 6.15. The highest BCUT2D eigenvalue weighted by Crippen LogP contribution is 2.43. The average molecular weight is 305 g/mol. The average Bonchev–Trinajstić information content (AvgIpc) is 2.97.